The Bertz CT molecular complexity index is 1380. The summed E-state index contributed by atoms with van der Waals surface area (Å²) in [5.74, 6) is -4.70. The molecule has 3 aromatic carbocycles. The number of imide groups is 1. The highest BCUT2D eigenvalue weighted by Gasteiger charge is 2.43. The first kappa shape index (κ1) is 27.8. The second-order valence-electron chi connectivity index (χ2n) is 9.52. The van der Waals surface area contributed by atoms with Crippen LogP contribution in [0.15, 0.2) is 84.9 Å². The van der Waals surface area contributed by atoms with E-state index in [1.165, 1.54) is 11.8 Å². The molecular formula is C30H29F2N3O4. The van der Waals surface area contributed by atoms with Crippen LogP contribution < -0.4 is 5.73 Å². The van der Waals surface area contributed by atoms with E-state index >= 15 is 0 Å². The molecule has 0 radical (unpaired) electrons. The minimum atomic E-state index is -2.12. The molecule has 7 nitrogen and oxygen atoms in total. The lowest BCUT2D eigenvalue weighted by Gasteiger charge is -2.34. The maximum absolute atomic E-state index is 14.0. The van der Waals surface area contributed by atoms with E-state index in [1.807, 2.05) is 66.7 Å². The highest BCUT2D eigenvalue weighted by atomic mass is 19.1. The number of carbonyl (C=O) groups is 3. The van der Waals surface area contributed by atoms with E-state index in [1.54, 1.807) is 7.05 Å². The molecule has 39 heavy (non-hydrogen) atoms. The van der Waals surface area contributed by atoms with Gasteiger partial charge in [0.2, 0.25) is 11.8 Å². The van der Waals surface area contributed by atoms with Gasteiger partial charge in [-0.3, -0.25) is 19.3 Å². The number of hydrogen-bond donors (Lipinski definition) is 2. The van der Waals surface area contributed by atoms with Crippen LogP contribution in [0.4, 0.5) is 8.78 Å². The molecule has 202 valence electrons. The van der Waals surface area contributed by atoms with Crippen LogP contribution in [0, 0.1) is 11.6 Å². The predicted octanol–water partition coefficient (Wildman–Crippen LogP) is 3.76. The van der Waals surface area contributed by atoms with E-state index in [0.717, 1.165) is 23.3 Å². The molecule has 0 aliphatic carbocycles. The summed E-state index contributed by atoms with van der Waals surface area (Å²) in [6.07, 6.45) is -0.279. The molecule has 9 heteroatoms. The number of nitrogens with zero attached hydrogens (tertiary/aromatic N) is 2. The molecule has 1 aliphatic rings. The van der Waals surface area contributed by atoms with Crippen LogP contribution in [0.25, 0.3) is 5.57 Å². The maximum atomic E-state index is 14.0. The average molecular weight is 534 g/mol. The minimum absolute atomic E-state index is 0.0645. The SMILES string of the molecule is C[C@H](N)C(=O)N(C(=O)[C@H](O)c1cc(F)cc(F)c1)[C@H]1CC(c2ccccc2)=C[C@H](c2ccccc2)N(C)C1=O. The minimum Gasteiger partial charge on any atom is -0.378 e. The molecule has 3 amide bonds. The molecule has 3 aromatic rings. The Kier molecular flexibility index (Phi) is 8.32. The number of aliphatic hydroxyl groups excluding tert-OH is 1. The van der Waals surface area contributed by atoms with Crippen LogP contribution in [-0.4, -0.2) is 51.8 Å². The van der Waals surface area contributed by atoms with Crippen LogP contribution in [0.2, 0.25) is 0 Å². The lowest BCUT2D eigenvalue weighted by atomic mass is 9.95. The Morgan fingerprint density at radius 1 is 0.974 bits per heavy atom. The third kappa shape index (κ3) is 5.94. The summed E-state index contributed by atoms with van der Waals surface area (Å²) in [4.78, 5) is 43.0. The van der Waals surface area contributed by atoms with Crippen LogP contribution in [-0.2, 0) is 14.4 Å². The number of aliphatic hydroxyl groups is 1. The van der Waals surface area contributed by atoms with E-state index in [0.29, 0.717) is 16.5 Å². The van der Waals surface area contributed by atoms with Crippen molar-refractivity contribution in [3.05, 3.63) is 113 Å². The Labute approximate surface area is 225 Å². The fourth-order valence-electron chi connectivity index (χ4n) is 4.72. The number of hydrogen-bond acceptors (Lipinski definition) is 5. The summed E-state index contributed by atoms with van der Waals surface area (Å²) in [6.45, 7) is 1.35. The van der Waals surface area contributed by atoms with Gasteiger partial charge in [0.25, 0.3) is 5.91 Å². The van der Waals surface area contributed by atoms with Crippen LogP contribution in [0.1, 0.15) is 42.2 Å². The van der Waals surface area contributed by atoms with Crippen LogP contribution >= 0.6 is 0 Å². The number of amides is 3. The summed E-state index contributed by atoms with van der Waals surface area (Å²) in [7, 11) is 1.56. The first-order chi connectivity index (χ1) is 18.6. The number of carbonyl (C=O) groups excluding carboxylic acids is 3. The highest BCUT2D eigenvalue weighted by molar-refractivity contribution is 6.04. The predicted molar refractivity (Wildman–Crippen MR) is 142 cm³/mol. The van der Waals surface area contributed by atoms with Crippen molar-refractivity contribution in [2.75, 3.05) is 7.05 Å². The third-order valence-electron chi connectivity index (χ3n) is 6.72. The summed E-state index contributed by atoms with van der Waals surface area (Å²) in [5, 5.41) is 10.8. The molecule has 0 fully saturated rings. The Hall–Kier alpha value is -4.21. The number of benzene rings is 3. The van der Waals surface area contributed by atoms with E-state index in [4.69, 9.17) is 5.73 Å². The zero-order valence-electron chi connectivity index (χ0n) is 21.5. The molecule has 0 spiro atoms. The zero-order valence-corrected chi connectivity index (χ0v) is 21.5. The first-order valence-electron chi connectivity index (χ1n) is 12.4. The summed E-state index contributed by atoms with van der Waals surface area (Å²) < 4.78 is 27.7. The first-order valence-corrected chi connectivity index (χ1v) is 12.4. The maximum Gasteiger partial charge on any atom is 0.263 e. The molecule has 0 saturated heterocycles. The van der Waals surface area contributed by atoms with Crippen molar-refractivity contribution in [1.29, 1.82) is 0 Å². The number of halogens is 2. The van der Waals surface area contributed by atoms with Gasteiger partial charge in [0.05, 0.1) is 12.1 Å². The molecule has 3 N–H and O–H groups in total. The molecule has 0 unspecified atom stereocenters. The lowest BCUT2D eigenvalue weighted by Crippen LogP contribution is -2.57. The number of rotatable bonds is 6. The van der Waals surface area contributed by atoms with Crippen LogP contribution in [0.3, 0.4) is 0 Å². The second-order valence-corrected chi connectivity index (χ2v) is 9.52. The second kappa shape index (κ2) is 11.7. The Balaban J connectivity index is 1.82. The summed E-state index contributed by atoms with van der Waals surface area (Å²) in [6, 6.07) is 17.5. The van der Waals surface area contributed by atoms with Crippen molar-refractivity contribution in [3.63, 3.8) is 0 Å². The van der Waals surface area contributed by atoms with Crippen molar-refractivity contribution < 1.29 is 28.3 Å². The quantitative estimate of drug-likeness (QED) is 0.502. The number of nitrogens with two attached hydrogens (primary N) is 1. The fraction of sp³-hybridized carbons (Fsp3) is 0.233. The van der Waals surface area contributed by atoms with Gasteiger partial charge in [0.1, 0.15) is 17.7 Å². The van der Waals surface area contributed by atoms with Crippen molar-refractivity contribution in [2.24, 2.45) is 5.73 Å². The third-order valence-corrected chi connectivity index (χ3v) is 6.72. The van der Waals surface area contributed by atoms with Gasteiger partial charge in [-0.25, -0.2) is 8.78 Å². The monoisotopic (exact) mass is 533 g/mol. The number of likely N-dealkylation sites (N-methyl/N-ethyl adjacent to an activating group) is 1. The van der Waals surface area contributed by atoms with Crippen molar-refractivity contribution in [1.82, 2.24) is 9.80 Å². The van der Waals surface area contributed by atoms with Crippen molar-refractivity contribution in [3.8, 4) is 0 Å². The van der Waals surface area contributed by atoms with Gasteiger partial charge in [-0.2, -0.15) is 0 Å². The largest absolute Gasteiger partial charge is 0.378 e. The standard InChI is InChI=1S/C30H29F2N3O4/c1-18(33)28(37)35(30(39)27(36)22-13-23(31)17-24(32)14-22)26-16-21(19-9-5-3-6-10-19)15-25(34(2)29(26)38)20-11-7-4-8-12-20/h3-15,17-18,25-27,36H,16,33H2,1-2H3/t18-,25+,26-,27+/m0/s1. The van der Waals surface area contributed by atoms with E-state index in [-0.39, 0.29) is 6.42 Å². The molecule has 1 aliphatic heterocycles. The molecule has 1 heterocycles. The molecule has 4 rings (SSSR count). The van der Waals surface area contributed by atoms with Gasteiger partial charge in [-0.1, -0.05) is 66.7 Å². The topological polar surface area (TPSA) is 104 Å². The average Bonchev–Trinajstić information content (AvgIpc) is 3.05. The molecule has 0 bridgehead atoms. The fourth-order valence-corrected chi connectivity index (χ4v) is 4.72. The molecule has 4 atom stereocenters. The Morgan fingerprint density at radius 3 is 2.10 bits per heavy atom. The van der Waals surface area contributed by atoms with Crippen molar-refractivity contribution in [2.45, 2.75) is 37.6 Å². The smallest absolute Gasteiger partial charge is 0.263 e. The van der Waals surface area contributed by atoms with E-state index in [2.05, 4.69) is 0 Å². The highest BCUT2D eigenvalue weighted by Crippen LogP contribution is 2.35. The van der Waals surface area contributed by atoms with Crippen molar-refractivity contribution >= 4 is 23.3 Å². The van der Waals surface area contributed by atoms with Gasteiger partial charge in [0.15, 0.2) is 6.10 Å². The zero-order chi connectivity index (χ0) is 28.3. The normalized spacial score (nSPS) is 19.1. The van der Waals surface area contributed by atoms with Gasteiger partial charge in [-0.15, -0.1) is 0 Å². The molecule has 0 aromatic heterocycles. The summed E-state index contributed by atoms with van der Waals surface area (Å²) in [5.41, 5.74) is 7.75. The van der Waals surface area contributed by atoms with Gasteiger partial charge in [0, 0.05) is 19.5 Å². The van der Waals surface area contributed by atoms with E-state index in [9.17, 15) is 28.3 Å². The van der Waals surface area contributed by atoms with Gasteiger partial charge < -0.3 is 15.7 Å². The molecular weight excluding hydrogens is 504 g/mol. The lowest BCUT2D eigenvalue weighted by molar-refractivity contribution is -0.160. The van der Waals surface area contributed by atoms with Gasteiger partial charge >= 0.3 is 0 Å². The molecule has 0 saturated carbocycles. The van der Waals surface area contributed by atoms with Gasteiger partial charge in [-0.05, 0) is 41.3 Å². The Morgan fingerprint density at radius 2 is 1.54 bits per heavy atom. The summed E-state index contributed by atoms with van der Waals surface area (Å²) >= 11 is 0. The van der Waals surface area contributed by atoms with Crippen LogP contribution in [0.5, 0.6) is 0 Å². The van der Waals surface area contributed by atoms with E-state index < -0.39 is 59.1 Å².